The van der Waals surface area contributed by atoms with Crippen LogP contribution in [0.25, 0.3) is 0 Å². The van der Waals surface area contributed by atoms with Gasteiger partial charge in [0, 0.05) is 24.4 Å². The number of carbonyl (C=O) groups is 2. The van der Waals surface area contributed by atoms with Crippen LogP contribution in [-0.2, 0) is 11.3 Å². The summed E-state index contributed by atoms with van der Waals surface area (Å²) in [4.78, 5) is 31.2. The van der Waals surface area contributed by atoms with Gasteiger partial charge in [0.2, 0.25) is 0 Å². The molecule has 5 aliphatic rings. The van der Waals surface area contributed by atoms with Crippen LogP contribution in [0.3, 0.4) is 0 Å². The summed E-state index contributed by atoms with van der Waals surface area (Å²) >= 11 is 0. The summed E-state index contributed by atoms with van der Waals surface area (Å²) in [6.07, 6.45) is 8.09. The summed E-state index contributed by atoms with van der Waals surface area (Å²) < 4.78 is 0. The molecule has 118 valence electrons. The number of nitrogens with zero attached hydrogens (tertiary/aromatic N) is 2. The molecule has 1 N–H and O–H groups in total. The molecule has 6 rings (SSSR count). The highest BCUT2D eigenvalue weighted by Gasteiger charge is 2.90. The molecule has 5 unspecified atom stereocenters. The fourth-order valence-electron chi connectivity index (χ4n) is 7.61. The summed E-state index contributed by atoms with van der Waals surface area (Å²) in [6, 6.07) is 1.93. The molecule has 0 saturated heterocycles. The predicted molar refractivity (Wildman–Crippen MR) is 79.4 cm³/mol. The van der Waals surface area contributed by atoms with E-state index in [0.29, 0.717) is 23.9 Å². The van der Waals surface area contributed by atoms with Gasteiger partial charge in [-0.25, -0.2) is 0 Å². The van der Waals surface area contributed by atoms with Crippen molar-refractivity contribution in [3.63, 3.8) is 0 Å². The number of carboxylic acids is 1. The second-order valence-corrected chi connectivity index (χ2v) is 8.40. The van der Waals surface area contributed by atoms with E-state index in [4.69, 9.17) is 0 Å². The lowest BCUT2D eigenvalue weighted by molar-refractivity contribution is -0.289. The van der Waals surface area contributed by atoms with Gasteiger partial charge in [0.25, 0.3) is 5.91 Å². The minimum Gasteiger partial charge on any atom is -0.481 e. The molecule has 1 aromatic rings. The molecule has 4 aliphatic carbocycles. The second-order valence-electron chi connectivity index (χ2n) is 8.40. The van der Waals surface area contributed by atoms with Crippen LogP contribution in [0, 0.1) is 22.7 Å². The first kappa shape index (κ1) is 12.5. The van der Waals surface area contributed by atoms with Gasteiger partial charge >= 0.3 is 5.97 Å². The van der Waals surface area contributed by atoms with Gasteiger partial charge in [0.15, 0.2) is 0 Å². The minimum atomic E-state index is -0.620. The lowest BCUT2D eigenvalue weighted by atomic mass is 9.28. The summed E-state index contributed by atoms with van der Waals surface area (Å²) in [5.74, 6) is 0.444. The molecule has 23 heavy (non-hydrogen) atoms. The van der Waals surface area contributed by atoms with E-state index < -0.39 is 11.4 Å². The third kappa shape index (κ3) is 0.976. The SMILES string of the molecule is O=C1c2cnccc2CN1C12CC3CC4(C(=O)O)CC(C1)C42C3. The quantitative estimate of drug-likeness (QED) is 0.908. The lowest BCUT2D eigenvalue weighted by Crippen LogP contribution is -2.82. The molecular formula is C18H18N2O3. The van der Waals surface area contributed by atoms with Crippen LogP contribution in [-0.4, -0.2) is 32.4 Å². The zero-order chi connectivity index (χ0) is 15.6. The third-order valence-corrected chi connectivity index (χ3v) is 8.08. The maximum Gasteiger partial charge on any atom is 0.310 e. The van der Waals surface area contributed by atoms with Crippen LogP contribution in [0.5, 0.6) is 0 Å². The molecule has 5 heteroatoms. The maximum absolute atomic E-state index is 13.0. The second kappa shape index (κ2) is 3.30. The van der Waals surface area contributed by atoms with E-state index in [-0.39, 0.29) is 16.9 Å². The van der Waals surface area contributed by atoms with Gasteiger partial charge in [-0.2, -0.15) is 0 Å². The van der Waals surface area contributed by atoms with E-state index in [1.165, 1.54) is 0 Å². The molecule has 0 radical (unpaired) electrons. The van der Waals surface area contributed by atoms with Gasteiger partial charge in [0.1, 0.15) is 0 Å². The largest absolute Gasteiger partial charge is 0.481 e. The zero-order valence-electron chi connectivity index (χ0n) is 12.8. The van der Waals surface area contributed by atoms with Gasteiger partial charge < -0.3 is 10.0 Å². The number of carboxylic acid groups (broad SMARTS) is 1. The van der Waals surface area contributed by atoms with E-state index in [2.05, 4.69) is 4.98 Å². The average molecular weight is 310 g/mol. The Kier molecular flexibility index (Phi) is 1.80. The Morgan fingerprint density at radius 3 is 2.87 bits per heavy atom. The number of amides is 1. The highest BCUT2D eigenvalue weighted by Crippen LogP contribution is 2.89. The van der Waals surface area contributed by atoms with Gasteiger partial charge in [-0.15, -0.1) is 0 Å². The number of aliphatic carboxylic acids is 1. The molecule has 4 fully saturated rings. The normalized spacial score (nSPS) is 47.8. The van der Waals surface area contributed by atoms with Crippen molar-refractivity contribution in [2.24, 2.45) is 22.7 Å². The number of aromatic nitrogens is 1. The summed E-state index contributed by atoms with van der Waals surface area (Å²) in [5.41, 5.74) is 0.869. The van der Waals surface area contributed by atoms with Crippen LogP contribution in [0.1, 0.15) is 48.0 Å². The van der Waals surface area contributed by atoms with Crippen LogP contribution in [0.4, 0.5) is 0 Å². The Labute approximate surface area is 133 Å². The smallest absolute Gasteiger partial charge is 0.310 e. The Bertz CT molecular complexity index is 807. The molecule has 1 spiro atoms. The first-order valence-electron chi connectivity index (χ1n) is 8.52. The number of carbonyl (C=O) groups excluding carboxylic acids is 1. The molecule has 5 nitrogen and oxygen atoms in total. The molecule has 2 heterocycles. The van der Waals surface area contributed by atoms with Gasteiger partial charge in [-0.3, -0.25) is 14.6 Å². The summed E-state index contributed by atoms with van der Waals surface area (Å²) in [7, 11) is 0. The summed E-state index contributed by atoms with van der Waals surface area (Å²) in [5, 5.41) is 9.93. The van der Waals surface area contributed by atoms with Crippen LogP contribution < -0.4 is 0 Å². The van der Waals surface area contributed by atoms with E-state index in [1.54, 1.807) is 12.4 Å². The van der Waals surface area contributed by atoms with E-state index in [9.17, 15) is 14.7 Å². The highest BCUT2D eigenvalue weighted by molar-refractivity contribution is 5.99. The molecule has 2 bridgehead atoms. The fraction of sp³-hybridized carbons (Fsp3) is 0.611. The van der Waals surface area contributed by atoms with Gasteiger partial charge in [0.05, 0.1) is 16.5 Å². The molecule has 1 aliphatic heterocycles. The first-order chi connectivity index (χ1) is 11.0. The monoisotopic (exact) mass is 310 g/mol. The van der Waals surface area contributed by atoms with E-state index in [0.717, 1.165) is 37.7 Å². The van der Waals surface area contributed by atoms with Crippen LogP contribution in [0.2, 0.25) is 0 Å². The Hall–Kier alpha value is -1.91. The molecule has 1 amide bonds. The van der Waals surface area contributed by atoms with Crippen molar-refractivity contribution in [2.45, 2.75) is 44.2 Å². The molecule has 4 saturated carbocycles. The van der Waals surface area contributed by atoms with Crippen molar-refractivity contribution in [2.75, 3.05) is 0 Å². The van der Waals surface area contributed by atoms with Crippen molar-refractivity contribution in [1.29, 1.82) is 0 Å². The number of fused-ring (bicyclic) bond motifs is 2. The standard InChI is InChI=1S/C18H18N2O3/c21-14-13-8-19-2-1-11(13)9-20(14)17-4-10-3-16(15(22)23)6-12(7-17)18(16,17)5-10/h1-2,8,10,12H,3-7,9H2,(H,22,23). The van der Waals surface area contributed by atoms with Crippen LogP contribution >= 0.6 is 0 Å². The Balaban J connectivity index is 1.48. The van der Waals surface area contributed by atoms with Crippen LogP contribution in [0.15, 0.2) is 18.5 Å². The third-order valence-electron chi connectivity index (χ3n) is 8.08. The maximum atomic E-state index is 13.0. The van der Waals surface area contributed by atoms with Crippen molar-refractivity contribution in [3.05, 3.63) is 29.6 Å². The Morgan fingerprint density at radius 2 is 2.13 bits per heavy atom. The number of pyridine rings is 1. The van der Waals surface area contributed by atoms with E-state index in [1.807, 2.05) is 11.0 Å². The highest BCUT2D eigenvalue weighted by atomic mass is 16.4. The first-order valence-corrected chi connectivity index (χ1v) is 8.52. The number of hydrogen-bond acceptors (Lipinski definition) is 3. The van der Waals surface area contributed by atoms with Gasteiger partial charge in [-0.1, -0.05) is 0 Å². The van der Waals surface area contributed by atoms with Crippen molar-refractivity contribution < 1.29 is 14.7 Å². The van der Waals surface area contributed by atoms with Crippen molar-refractivity contribution in [1.82, 2.24) is 9.88 Å². The average Bonchev–Trinajstić information content (AvgIpc) is 3.10. The lowest BCUT2D eigenvalue weighted by Gasteiger charge is -2.78. The summed E-state index contributed by atoms with van der Waals surface area (Å²) in [6.45, 7) is 0.633. The van der Waals surface area contributed by atoms with Crippen molar-refractivity contribution >= 4 is 11.9 Å². The topological polar surface area (TPSA) is 70.5 Å². The van der Waals surface area contributed by atoms with Crippen molar-refractivity contribution in [3.8, 4) is 0 Å². The Morgan fingerprint density at radius 1 is 1.26 bits per heavy atom. The minimum absolute atomic E-state index is 0.0691. The zero-order valence-corrected chi connectivity index (χ0v) is 12.8. The molecule has 1 aromatic heterocycles. The predicted octanol–water partition coefficient (Wildman–Crippen LogP) is 2.07. The fourth-order valence-corrected chi connectivity index (χ4v) is 7.61. The number of hydrogen-bond donors (Lipinski definition) is 1. The molecule has 0 aromatic carbocycles. The van der Waals surface area contributed by atoms with E-state index >= 15 is 0 Å². The number of rotatable bonds is 2. The molecule has 5 atom stereocenters. The van der Waals surface area contributed by atoms with Gasteiger partial charge in [-0.05, 0) is 55.6 Å². The molecular weight excluding hydrogens is 292 g/mol.